The fourth-order valence-electron chi connectivity index (χ4n) is 2.80. The average molecular weight is 335 g/mol. The van der Waals surface area contributed by atoms with Gasteiger partial charge < -0.3 is 9.67 Å². The molecular formula is C16H21N3O3S. The summed E-state index contributed by atoms with van der Waals surface area (Å²) in [5, 5.41) is 9.97. The van der Waals surface area contributed by atoms with Crippen molar-refractivity contribution in [2.45, 2.75) is 50.3 Å². The highest BCUT2D eigenvalue weighted by Crippen LogP contribution is 2.31. The van der Waals surface area contributed by atoms with E-state index in [1.54, 1.807) is 22.8 Å². The number of aliphatic hydroxyl groups excluding tert-OH is 1. The molecule has 1 atom stereocenters. The van der Waals surface area contributed by atoms with Gasteiger partial charge in [0.2, 0.25) is 0 Å². The first-order valence-electron chi connectivity index (χ1n) is 7.74. The van der Waals surface area contributed by atoms with Crippen molar-refractivity contribution < 1.29 is 13.5 Å². The predicted octanol–water partition coefficient (Wildman–Crippen LogP) is 2.63. The minimum Gasteiger partial charge on any atom is -0.388 e. The highest BCUT2D eigenvalue weighted by molar-refractivity contribution is 7.92. The van der Waals surface area contributed by atoms with Crippen molar-refractivity contribution in [1.82, 2.24) is 9.55 Å². The summed E-state index contributed by atoms with van der Waals surface area (Å²) >= 11 is 0. The number of sulfonamides is 1. The molecule has 0 amide bonds. The maximum absolute atomic E-state index is 12.4. The molecule has 1 aromatic carbocycles. The molecule has 1 aliphatic carbocycles. The molecule has 6 nitrogen and oxygen atoms in total. The van der Waals surface area contributed by atoms with E-state index in [-0.39, 0.29) is 11.1 Å². The molecule has 0 aliphatic heterocycles. The van der Waals surface area contributed by atoms with Gasteiger partial charge in [0.05, 0.1) is 12.4 Å². The molecule has 0 saturated heterocycles. The summed E-state index contributed by atoms with van der Waals surface area (Å²) in [5.41, 5.74) is 2.39. The van der Waals surface area contributed by atoms with Crippen LogP contribution in [0.2, 0.25) is 0 Å². The number of nitrogens with zero attached hydrogens (tertiary/aromatic N) is 2. The topological polar surface area (TPSA) is 84.2 Å². The molecule has 0 spiro atoms. The molecule has 0 radical (unpaired) electrons. The van der Waals surface area contributed by atoms with E-state index in [0.717, 1.165) is 30.4 Å². The summed E-state index contributed by atoms with van der Waals surface area (Å²) < 4.78 is 29.2. The number of benzene rings is 1. The summed E-state index contributed by atoms with van der Waals surface area (Å²) in [6, 6.07) is 5.43. The first-order chi connectivity index (χ1) is 10.9. The lowest BCUT2D eigenvalue weighted by atomic mass is 9.89. The molecule has 2 aromatic rings. The van der Waals surface area contributed by atoms with Crippen LogP contribution in [0.3, 0.4) is 0 Å². The van der Waals surface area contributed by atoms with Gasteiger partial charge in [-0.25, -0.2) is 4.98 Å². The summed E-state index contributed by atoms with van der Waals surface area (Å²) in [4.78, 5) is 3.98. The number of anilines is 1. The largest absolute Gasteiger partial charge is 0.388 e. The van der Waals surface area contributed by atoms with Crippen molar-refractivity contribution in [3.8, 4) is 0 Å². The van der Waals surface area contributed by atoms with E-state index in [1.807, 2.05) is 13.8 Å². The molecule has 0 bridgehead atoms. The number of rotatable bonds is 4. The Kier molecular flexibility index (Phi) is 4.16. The fraction of sp³-hybridized carbons (Fsp3) is 0.438. The third kappa shape index (κ3) is 3.25. The fourth-order valence-corrected chi connectivity index (χ4v) is 3.79. The van der Waals surface area contributed by atoms with Gasteiger partial charge in [0, 0.05) is 17.9 Å². The van der Waals surface area contributed by atoms with Crippen molar-refractivity contribution in [3.63, 3.8) is 0 Å². The van der Waals surface area contributed by atoms with Crippen LogP contribution in [-0.2, 0) is 16.4 Å². The Balaban J connectivity index is 1.85. The Hall–Kier alpha value is -1.86. The standard InChI is InChI=1S/C16H21N3O3S/c1-11(2)19-9-16(17-10-19)23(21,22)18-13-6-7-14-12(8-13)4-3-5-15(14)20/h6-11,15,18,20H,3-5H2,1-2H3/t15-/m0/s1. The lowest BCUT2D eigenvalue weighted by Crippen LogP contribution is -2.15. The monoisotopic (exact) mass is 335 g/mol. The van der Waals surface area contributed by atoms with Gasteiger partial charge in [0.15, 0.2) is 5.03 Å². The van der Waals surface area contributed by atoms with E-state index in [9.17, 15) is 13.5 Å². The third-order valence-corrected chi connectivity index (χ3v) is 5.39. The molecule has 23 heavy (non-hydrogen) atoms. The molecule has 0 unspecified atom stereocenters. The van der Waals surface area contributed by atoms with Crippen LogP contribution >= 0.6 is 0 Å². The number of nitrogens with one attached hydrogen (secondary N) is 1. The van der Waals surface area contributed by atoms with Gasteiger partial charge in [-0.2, -0.15) is 8.42 Å². The molecule has 124 valence electrons. The summed E-state index contributed by atoms with van der Waals surface area (Å²) in [6.07, 6.45) is 5.10. The zero-order chi connectivity index (χ0) is 16.6. The number of aliphatic hydroxyl groups is 1. The quantitative estimate of drug-likeness (QED) is 0.899. The second-order valence-electron chi connectivity index (χ2n) is 6.18. The minimum absolute atomic E-state index is 0.00366. The summed E-state index contributed by atoms with van der Waals surface area (Å²) in [5.74, 6) is 0. The lowest BCUT2D eigenvalue weighted by Gasteiger charge is -2.22. The van der Waals surface area contributed by atoms with Crippen LogP contribution < -0.4 is 4.72 Å². The van der Waals surface area contributed by atoms with Crippen molar-refractivity contribution in [3.05, 3.63) is 41.9 Å². The zero-order valence-electron chi connectivity index (χ0n) is 13.2. The van der Waals surface area contributed by atoms with Gasteiger partial charge >= 0.3 is 0 Å². The lowest BCUT2D eigenvalue weighted by molar-refractivity contribution is 0.156. The smallest absolute Gasteiger partial charge is 0.280 e. The SMILES string of the molecule is CC(C)n1cnc(S(=O)(=O)Nc2ccc3c(c2)CCC[C@@H]3O)c1. The van der Waals surface area contributed by atoms with E-state index in [1.165, 1.54) is 12.5 Å². The molecule has 1 aromatic heterocycles. The molecular weight excluding hydrogens is 314 g/mol. The first kappa shape index (κ1) is 16.0. The van der Waals surface area contributed by atoms with Crippen LogP contribution in [-0.4, -0.2) is 23.1 Å². The number of aromatic nitrogens is 2. The Morgan fingerprint density at radius 2 is 2.17 bits per heavy atom. The van der Waals surface area contributed by atoms with Crippen LogP contribution in [0, 0.1) is 0 Å². The first-order valence-corrected chi connectivity index (χ1v) is 9.22. The van der Waals surface area contributed by atoms with Crippen molar-refractivity contribution in [1.29, 1.82) is 0 Å². The Morgan fingerprint density at radius 3 is 2.87 bits per heavy atom. The van der Waals surface area contributed by atoms with Crippen LogP contribution in [0.1, 0.15) is 50.0 Å². The maximum Gasteiger partial charge on any atom is 0.280 e. The highest BCUT2D eigenvalue weighted by Gasteiger charge is 2.21. The number of hydrogen-bond acceptors (Lipinski definition) is 4. The molecule has 0 saturated carbocycles. The Bertz CT molecular complexity index is 812. The second kappa shape index (κ2) is 5.98. The van der Waals surface area contributed by atoms with Gasteiger partial charge in [0.1, 0.15) is 0 Å². The molecule has 1 aliphatic rings. The molecule has 2 N–H and O–H groups in total. The highest BCUT2D eigenvalue weighted by atomic mass is 32.2. The van der Waals surface area contributed by atoms with Crippen molar-refractivity contribution in [2.24, 2.45) is 0 Å². The van der Waals surface area contributed by atoms with Crippen LogP contribution in [0.15, 0.2) is 35.7 Å². The normalized spacial score (nSPS) is 18.0. The van der Waals surface area contributed by atoms with Gasteiger partial charge in [-0.3, -0.25) is 4.72 Å². The Labute approximate surface area is 136 Å². The van der Waals surface area contributed by atoms with E-state index in [2.05, 4.69) is 9.71 Å². The van der Waals surface area contributed by atoms with Gasteiger partial charge in [-0.1, -0.05) is 6.07 Å². The molecule has 0 fully saturated rings. The van der Waals surface area contributed by atoms with E-state index in [0.29, 0.717) is 5.69 Å². The summed E-state index contributed by atoms with van der Waals surface area (Å²) in [6.45, 7) is 3.92. The van der Waals surface area contributed by atoms with Crippen molar-refractivity contribution in [2.75, 3.05) is 4.72 Å². The second-order valence-corrected chi connectivity index (χ2v) is 7.81. The average Bonchev–Trinajstić information content (AvgIpc) is 2.98. The summed E-state index contributed by atoms with van der Waals surface area (Å²) in [7, 11) is -3.71. The molecule has 7 heteroatoms. The van der Waals surface area contributed by atoms with Crippen LogP contribution in [0.25, 0.3) is 0 Å². The van der Waals surface area contributed by atoms with E-state index in [4.69, 9.17) is 0 Å². The van der Waals surface area contributed by atoms with Crippen LogP contribution in [0.4, 0.5) is 5.69 Å². The van der Waals surface area contributed by atoms with Gasteiger partial charge in [-0.15, -0.1) is 0 Å². The maximum atomic E-state index is 12.4. The minimum atomic E-state index is -3.71. The number of imidazole rings is 1. The number of aryl methyl sites for hydroxylation is 1. The predicted molar refractivity (Wildman–Crippen MR) is 87.8 cm³/mol. The molecule has 1 heterocycles. The number of hydrogen-bond donors (Lipinski definition) is 2. The van der Waals surface area contributed by atoms with E-state index < -0.39 is 16.1 Å². The zero-order valence-corrected chi connectivity index (χ0v) is 14.0. The van der Waals surface area contributed by atoms with E-state index >= 15 is 0 Å². The van der Waals surface area contributed by atoms with Gasteiger partial charge in [-0.05, 0) is 56.4 Å². The Morgan fingerprint density at radius 1 is 1.39 bits per heavy atom. The van der Waals surface area contributed by atoms with Gasteiger partial charge in [0.25, 0.3) is 10.0 Å². The van der Waals surface area contributed by atoms with Crippen LogP contribution in [0.5, 0.6) is 0 Å². The number of fused-ring (bicyclic) bond motifs is 1. The van der Waals surface area contributed by atoms with Crippen molar-refractivity contribution >= 4 is 15.7 Å². The molecule has 3 rings (SSSR count). The third-order valence-electron chi connectivity index (χ3n) is 4.13.